The van der Waals surface area contributed by atoms with Gasteiger partial charge in [-0.2, -0.15) is 5.26 Å². The van der Waals surface area contributed by atoms with Gasteiger partial charge in [-0.3, -0.25) is 14.4 Å². The van der Waals surface area contributed by atoms with Crippen LogP contribution in [0.2, 0.25) is 0 Å². The summed E-state index contributed by atoms with van der Waals surface area (Å²) in [5.74, 6) is 1.00. The normalized spacial score (nSPS) is 34.8. The summed E-state index contributed by atoms with van der Waals surface area (Å²) in [5.41, 5.74) is -1.21. The monoisotopic (exact) mass is 387 g/mol. The van der Waals surface area contributed by atoms with Crippen LogP contribution in [0.4, 0.5) is 0 Å². The van der Waals surface area contributed by atoms with Gasteiger partial charge in [-0.1, -0.05) is 0 Å². The SMILES string of the molecule is C[C@](C#N)(NC(=O)COC(=O)CNC(=O)C12CC3CC(CC(C3)C1)C2)C1CC1. The van der Waals surface area contributed by atoms with Gasteiger partial charge in [0.1, 0.15) is 12.1 Å². The highest BCUT2D eigenvalue weighted by Gasteiger charge is 2.54. The number of nitrogens with one attached hydrogen (secondary N) is 2. The summed E-state index contributed by atoms with van der Waals surface area (Å²) in [6.07, 6.45) is 8.42. The van der Waals surface area contributed by atoms with E-state index >= 15 is 0 Å². The Morgan fingerprint density at radius 3 is 2.18 bits per heavy atom. The minimum Gasteiger partial charge on any atom is -0.454 e. The first-order valence-electron chi connectivity index (χ1n) is 10.5. The Balaban J connectivity index is 1.21. The maximum atomic E-state index is 12.8. The van der Waals surface area contributed by atoms with Gasteiger partial charge in [-0.05, 0) is 82.0 Å². The van der Waals surface area contributed by atoms with Crippen LogP contribution in [0.15, 0.2) is 0 Å². The third kappa shape index (κ3) is 3.74. The topological polar surface area (TPSA) is 108 Å². The van der Waals surface area contributed by atoms with Crippen LogP contribution in [0.5, 0.6) is 0 Å². The molecule has 4 bridgehead atoms. The third-order valence-corrected chi connectivity index (χ3v) is 7.30. The molecule has 0 aromatic heterocycles. The van der Waals surface area contributed by atoms with Crippen LogP contribution >= 0.6 is 0 Å². The molecule has 5 aliphatic rings. The highest BCUT2D eigenvalue weighted by molar-refractivity contribution is 5.87. The molecule has 0 heterocycles. The van der Waals surface area contributed by atoms with E-state index in [9.17, 15) is 19.6 Å². The number of nitrogens with zero attached hydrogens (tertiary/aromatic N) is 1. The number of hydrogen-bond acceptors (Lipinski definition) is 5. The molecule has 5 aliphatic carbocycles. The van der Waals surface area contributed by atoms with Gasteiger partial charge in [0.05, 0.1) is 6.07 Å². The van der Waals surface area contributed by atoms with E-state index in [1.165, 1.54) is 19.3 Å². The molecule has 1 atom stereocenters. The van der Waals surface area contributed by atoms with E-state index in [1.807, 2.05) is 0 Å². The molecule has 5 rings (SSSR count). The highest BCUT2D eigenvalue weighted by atomic mass is 16.5. The average Bonchev–Trinajstić information content (AvgIpc) is 3.49. The Bertz CT molecular complexity index is 688. The summed E-state index contributed by atoms with van der Waals surface area (Å²) in [6.45, 7) is 1.04. The van der Waals surface area contributed by atoms with Crippen LogP contribution in [-0.2, 0) is 19.1 Å². The Morgan fingerprint density at radius 2 is 1.68 bits per heavy atom. The lowest BCUT2D eigenvalue weighted by molar-refractivity contribution is -0.152. The summed E-state index contributed by atoms with van der Waals surface area (Å²) < 4.78 is 4.99. The van der Waals surface area contributed by atoms with Crippen LogP contribution < -0.4 is 10.6 Å². The Hall–Kier alpha value is -2.10. The zero-order valence-corrected chi connectivity index (χ0v) is 16.5. The second-order valence-corrected chi connectivity index (χ2v) is 9.68. The van der Waals surface area contributed by atoms with Gasteiger partial charge in [-0.25, -0.2) is 0 Å². The van der Waals surface area contributed by atoms with Crippen molar-refractivity contribution in [3.63, 3.8) is 0 Å². The Kier molecular flexibility index (Phi) is 4.84. The van der Waals surface area contributed by atoms with Crippen LogP contribution in [0.3, 0.4) is 0 Å². The number of amides is 2. The molecule has 2 N–H and O–H groups in total. The molecular weight excluding hydrogens is 358 g/mol. The Morgan fingerprint density at radius 1 is 1.11 bits per heavy atom. The molecule has 0 radical (unpaired) electrons. The van der Waals surface area contributed by atoms with E-state index in [4.69, 9.17) is 4.74 Å². The fourth-order valence-corrected chi connectivity index (χ4v) is 6.13. The number of esters is 1. The third-order valence-electron chi connectivity index (χ3n) is 7.30. The molecule has 0 unspecified atom stereocenters. The van der Waals surface area contributed by atoms with E-state index in [0.717, 1.165) is 32.1 Å². The standard InChI is InChI=1S/C21H29N3O4/c1-20(12-22,16-2-3-16)24-17(25)11-28-18(26)10-23-19(27)21-7-13-4-14(8-21)6-15(5-13)9-21/h13-16H,2-11H2,1H3,(H,23,27)(H,24,25)/t13?,14?,15?,20-,21?/m1/s1. The van der Waals surface area contributed by atoms with Gasteiger partial charge in [-0.15, -0.1) is 0 Å². The van der Waals surface area contributed by atoms with Gasteiger partial charge in [0.25, 0.3) is 5.91 Å². The van der Waals surface area contributed by atoms with Gasteiger partial charge < -0.3 is 15.4 Å². The summed E-state index contributed by atoms with van der Waals surface area (Å²) in [7, 11) is 0. The first-order chi connectivity index (χ1) is 13.3. The number of ether oxygens (including phenoxy) is 1. The molecular formula is C21H29N3O4. The average molecular weight is 387 g/mol. The quantitative estimate of drug-likeness (QED) is 0.646. The lowest BCUT2D eigenvalue weighted by Gasteiger charge is -2.55. The second-order valence-electron chi connectivity index (χ2n) is 9.68. The van der Waals surface area contributed by atoms with Crippen LogP contribution in [0.25, 0.3) is 0 Å². The predicted octanol–water partition coefficient (Wildman–Crippen LogP) is 1.67. The van der Waals surface area contributed by atoms with Gasteiger partial charge in [0.15, 0.2) is 6.61 Å². The fourth-order valence-electron chi connectivity index (χ4n) is 6.13. The molecule has 0 aromatic rings. The van der Waals surface area contributed by atoms with Crippen molar-refractivity contribution in [2.45, 2.75) is 63.8 Å². The zero-order chi connectivity index (χ0) is 19.9. The maximum absolute atomic E-state index is 12.8. The van der Waals surface area contributed by atoms with Crippen molar-refractivity contribution in [1.29, 1.82) is 5.26 Å². The minimum absolute atomic E-state index is 0.0289. The zero-order valence-electron chi connectivity index (χ0n) is 16.5. The molecule has 5 saturated carbocycles. The first-order valence-corrected chi connectivity index (χ1v) is 10.5. The van der Waals surface area contributed by atoms with E-state index in [0.29, 0.717) is 17.8 Å². The number of rotatable bonds is 7. The first kappa shape index (κ1) is 19.2. The second kappa shape index (κ2) is 7.06. The molecule has 0 aromatic carbocycles. The maximum Gasteiger partial charge on any atom is 0.325 e. The lowest BCUT2D eigenvalue weighted by Crippen LogP contribution is -2.54. The molecule has 5 fully saturated rings. The largest absolute Gasteiger partial charge is 0.454 e. The number of carbonyl (C=O) groups is 3. The molecule has 0 spiro atoms. The van der Waals surface area contributed by atoms with Crippen LogP contribution in [0.1, 0.15) is 58.3 Å². The Labute approximate surface area is 165 Å². The molecule has 2 amide bonds. The summed E-state index contributed by atoms with van der Waals surface area (Å²) in [5, 5.41) is 14.7. The molecule has 152 valence electrons. The van der Waals surface area contributed by atoms with Gasteiger partial charge >= 0.3 is 5.97 Å². The van der Waals surface area contributed by atoms with Crippen molar-refractivity contribution in [3.8, 4) is 6.07 Å². The van der Waals surface area contributed by atoms with Crippen molar-refractivity contribution in [1.82, 2.24) is 10.6 Å². The van der Waals surface area contributed by atoms with Crippen LogP contribution in [-0.4, -0.2) is 36.5 Å². The molecule has 28 heavy (non-hydrogen) atoms. The van der Waals surface area contributed by atoms with Crippen molar-refractivity contribution in [2.75, 3.05) is 13.2 Å². The molecule has 7 nitrogen and oxygen atoms in total. The van der Waals surface area contributed by atoms with Crippen molar-refractivity contribution >= 4 is 17.8 Å². The van der Waals surface area contributed by atoms with E-state index < -0.39 is 24.0 Å². The van der Waals surface area contributed by atoms with Crippen molar-refractivity contribution in [3.05, 3.63) is 0 Å². The summed E-state index contributed by atoms with van der Waals surface area (Å²) in [6, 6.07) is 2.13. The minimum atomic E-state index is -0.907. The predicted molar refractivity (Wildman–Crippen MR) is 99.5 cm³/mol. The smallest absolute Gasteiger partial charge is 0.325 e. The molecule has 7 heteroatoms. The van der Waals surface area contributed by atoms with Crippen molar-refractivity contribution < 1.29 is 19.1 Å². The summed E-state index contributed by atoms with van der Waals surface area (Å²) >= 11 is 0. The number of carbonyl (C=O) groups excluding carboxylic acids is 3. The number of nitriles is 1. The van der Waals surface area contributed by atoms with Gasteiger partial charge in [0, 0.05) is 5.41 Å². The van der Waals surface area contributed by atoms with Crippen molar-refractivity contribution in [2.24, 2.45) is 29.1 Å². The van der Waals surface area contributed by atoms with Crippen LogP contribution in [0, 0.1) is 40.4 Å². The van der Waals surface area contributed by atoms with Gasteiger partial charge in [0.2, 0.25) is 5.91 Å². The molecule has 0 aliphatic heterocycles. The number of hydrogen-bond donors (Lipinski definition) is 2. The molecule has 0 saturated heterocycles. The van der Waals surface area contributed by atoms with E-state index in [2.05, 4.69) is 16.7 Å². The highest BCUT2D eigenvalue weighted by Crippen LogP contribution is 2.60. The fraction of sp³-hybridized carbons (Fsp3) is 0.810. The van der Waals surface area contributed by atoms with E-state index in [-0.39, 0.29) is 23.8 Å². The van der Waals surface area contributed by atoms with E-state index in [1.54, 1.807) is 6.92 Å². The lowest BCUT2D eigenvalue weighted by atomic mass is 9.49. The summed E-state index contributed by atoms with van der Waals surface area (Å²) in [4.78, 5) is 36.8.